The molecule has 0 aromatic heterocycles. The number of nitrogens with zero attached hydrogens (tertiary/aromatic N) is 1. The van der Waals surface area contributed by atoms with E-state index in [1.165, 1.54) is 0 Å². The molecule has 0 saturated heterocycles. The summed E-state index contributed by atoms with van der Waals surface area (Å²) in [4.78, 5) is 39.7. The number of ketones is 2. The normalized spacial score (nSPS) is 48.3. The molecule has 0 aromatic carbocycles. The molecule has 39 heavy (non-hydrogen) atoms. The Morgan fingerprint density at radius 3 is 2.31 bits per heavy atom. The lowest BCUT2D eigenvalue weighted by Gasteiger charge is -2.71. The van der Waals surface area contributed by atoms with E-state index in [2.05, 4.69) is 39.1 Å². The summed E-state index contributed by atoms with van der Waals surface area (Å²) in [5.74, 6) is -1.62. The zero-order valence-corrected chi connectivity index (χ0v) is 24.5. The van der Waals surface area contributed by atoms with E-state index < -0.39 is 51.3 Å². The third kappa shape index (κ3) is 3.30. The molecule has 8 atom stereocenters. The molecule has 3 fully saturated rings. The monoisotopic (exact) mass is 538 g/mol. The van der Waals surface area contributed by atoms with Gasteiger partial charge in [0.2, 0.25) is 0 Å². The Labute approximate surface area is 231 Å². The van der Waals surface area contributed by atoms with Gasteiger partial charge in [-0.3, -0.25) is 14.4 Å². The van der Waals surface area contributed by atoms with Gasteiger partial charge in [0.05, 0.1) is 5.57 Å². The third-order valence-corrected chi connectivity index (χ3v) is 12.8. The number of fused-ring (bicyclic) bond motifs is 7. The minimum atomic E-state index is -1.66. The number of nitrogens with one attached hydrogen (secondary N) is 1. The summed E-state index contributed by atoms with van der Waals surface area (Å²) in [6, 6.07) is 2.12. The molecule has 212 valence electrons. The first-order valence-electron chi connectivity index (χ1n) is 14.4. The molecule has 5 rings (SSSR count). The minimum absolute atomic E-state index is 0.0701. The zero-order valence-electron chi connectivity index (χ0n) is 24.5. The average molecular weight is 539 g/mol. The van der Waals surface area contributed by atoms with Crippen molar-refractivity contribution in [2.45, 2.75) is 105 Å². The molecule has 5 aliphatic carbocycles. The second-order valence-electron chi connectivity index (χ2n) is 15.1. The van der Waals surface area contributed by atoms with Gasteiger partial charge in [0.25, 0.3) is 5.91 Å². The number of halogens is 1. The number of alkyl halides is 1. The third-order valence-electron chi connectivity index (χ3n) is 12.8. The number of aliphatic hydroxyl groups is 1. The maximum absolute atomic E-state index is 14.4. The van der Waals surface area contributed by atoms with Gasteiger partial charge in [-0.05, 0) is 80.3 Å². The van der Waals surface area contributed by atoms with E-state index in [9.17, 15) is 29.1 Å². The van der Waals surface area contributed by atoms with Crippen molar-refractivity contribution in [1.29, 1.82) is 5.26 Å². The predicted octanol–water partition coefficient (Wildman–Crippen LogP) is 5.16. The average Bonchev–Trinajstić information content (AvgIpc) is 2.86. The fourth-order valence-corrected chi connectivity index (χ4v) is 10.2. The number of carbonyl (C=O) groups excluding carboxylic acids is 3. The number of Topliss-reactive ketones (excluding diaryl/α,β-unsaturated/α-hetero) is 1. The largest absolute Gasteiger partial charge is 0.381 e. The van der Waals surface area contributed by atoms with E-state index in [0.717, 1.165) is 31.3 Å². The molecule has 0 aromatic rings. The molecule has 0 aliphatic heterocycles. The highest BCUT2D eigenvalue weighted by molar-refractivity contribution is 6.05. The number of allylic oxidation sites excluding steroid dienone is 3. The van der Waals surface area contributed by atoms with E-state index in [-0.39, 0.29) is 28.5 Å². The van der Waals surface area contributed by atoms with E-state index in [4.69, 9.17) is 0 Å². The second-order valence-corrected chi connectivity index (χ2v) is 15.1. The Balaban J connectivity index is 1.68. The first-order chi connectivity index (χ1) is 17.9. The Morgan fingerprint density at radius 1 is 1.05 bits per heavy atom. The van der Waals surface area contributed by atoms with Gasteiger partial charge in [0, 0.05) is 27.7 Å². The smallest absolute Gasteiger partial charge is 0.251 e. The van der Waals surface area contributed by atoms with Gasteiger partial charge in [-0.1, -0.05) is 47.6 Å². The van der Waals surface area contributed by atoms with Crippen molar-refractivity contribution in [2.75, 3.05) is 6.67 Å². The molecule has 5 aliphatic rings. The van der Waals surface area contributed by atoms with E-state index in [1.807, 2.05) is 20.8 Å². The Kier molecular flexibility index (Phi) is 5.87. The summed E-state index contributed by atoms with van der Waals surface area (Å²) in [6.07, 6.45) is 8.20. The van der Waals surface area contributed by atoms with Gasteiger partial charge in [0.15, 0.2) is 18.2 Å². The van der Waals surface area contributed by atoms with Gasteiger partial charge in [-0.2, -0.15) is 5.26 Å². The van der Waals surface area contributed by atoms with Crippen LogP contribution in [-0.4, -0.2) is 40.4 Å². The SMILES string of the molecule is CC1(C)C(=O)C(C#N)=C[C@]2(C)C3=CC(=O)[C@]4(O)[C@@H]5C[C@@](C)(NC(=O)CF)CC[C@]5(C)CC[C@@]4(C)[C@]3(C)CC[C@@H]12. The van der Waals surface area contributed by atoms with Crippen LogP contribution < -0.4 is 5.32 Å². The zero-order chi connectivity index (χ0) is 29.0. The van der Waals surface area contributed by atoms with Crippen molar-refractivity contribution in [1.82, 2.24) is 5.32 Å². The first-order valence-corrected chi connectivity index (χ1v) is 14.4. The Hall–Kier alpha value is -2.33. The fourth-order valence-electron chi connectivity index (χ4n) is 10.2. The lowest BCUT2D eigenvalue weighted by Crippen LogP contribution is -2.74. The number of nitriles is 1. The van der Waals surface area contributed by atoms with Crippen LogP contribution in [0.4, 0.5) is 4.39 Å². The minimum Gasteiger partial charge on any atom is -0.381 e. The molecule has 3 saturated carbocycles. The van der Waals surface area contributed by atoms with Crippen LogP contribution in [0.3, 0.4) is 0 Å². The van der Waals surface area contributed by atoms with Crippen LogP contribution in [0.1, 0.15) is 93.4 Å². The number of rotatable bonds is 2. The molecule has 6 nitrogen and oxygen atoms in total. The molecule has 0 radical (unpaired) electrons. The van der Waals surface area contributed by atoms with Crippen molar-refractivity contribution in [3.05, 3.63) is 23.3 Å². The lowest BCUT2D eigenvalue weighted by atomic mass is 9.33. The van der Waals surface area contributed by atoms with E-state index >= 15 is 0 Å². The molecule has 1 amide bonds. The predicted molar refractivity (Wildman–Crippen MR) is 145 cm³/mol. The highest BCUT2D eigenvalue weighted by Crippen LogP contribution is 2.75. The summed E-state index contributed by atoms with van der Waals surface area (Å²) in [7, 11) is 0. The molecule has 2 N–H and O–H groups in total. The maximum atomic E-state index is 14.4. The summed E-state index contributed by atoms with van der Waals surface area (Å²) in [5.41, 5.74) is -4.37. The molecule has 0 bridgehead atoms. The fraction of sp³-hybridized carbons (Fsp3) is 0.750. The Morgan fingerprint density at radius 2 is 1.69 bits per heavy atom. The molecule has 0 spiro atoms. The van der Waals surface area contributed by atoms with Crippen LogP contribution in [0.15, 0.2) is 23.3 Å². The molecular formula is C32H43FN2O4. The van der Waals surface area contributed by atoms with Crippen LogP contribution in [0.2, 0.25) is 0 Å². The molecule has 7 heteroatoms. The van der Waals surface area contributed by atoms with E-state index in [1.54, 1.807) is 12.2 Å². The summed E-state index contributed by atoms with van der Waals surface area (Å²) in [6.45, 7) is 13.1. The first kappa shape index (κ1) is 28.2. The number of hydrogen-bond acceptors (Lipinski definition) is 5. The van der Waals surface area contributed by atoms with Crippen molar-refractivity contribution >= 4 is 17.5 Å². The van der Waals surface area contributed by atoms with Gasteiger partial charge in [-0.25, -0.2) is 4.39 Å². The van der Waals surface area contributed by atoms with Crippen LogP contribution in [-0.2, 0) is 14.4 Å². The van der Waals surface area contributed by atoms with Gasteiger partial charge in [-0.15, -0.1) is 0 Å². The highest BCUT2D eigenvalue weighted by Gasteiger charge is 2.75. The summed E-state index contributed by atoms with van der Waals surface area (Å²) >= 11 is 0. The number of amides is 1. The quantitative estimate of drug-likeness (QED) is 0.505. The van der Waals surface area contributed by atoms with Crippen LogP contribution in [0.25, 0.3) is 0 Å². The standard InChI is InChI=1S/C32H43FN2O4/c1-26(2)20-8-9-30(6)21(29(20,5)15-19(18-34)25(26)38)14-23(36)32(39)22-16-28(4,35-24(37)17-33)12-10-27(22,3)11-13-31(30,32)7/h14-15,20,22,39H,8-13,16-17H2,1-7H3,(H,35,37)/t20-,22+,27+,28-,29-,30+,31-,32+/m0/s1. The van der Waals surface area contributed by atoms with Crippen molar-refractivity contribution in [2.24, 2.45) is 38.9 Å². The summed E-state index contributed by atoms with van der Waals surface area (Å²) in [5, 5.41) is 25.5. The van der Waals surface area contributed by atoms with Crippen LogP contribution >= 0.6 is 0 Å². The van der Waals surface area contributed by atoms with Crippen LogP contribution in [0, 0.1) is 50.2 Å². The molecule has 0 heterocycles. The van der Waals surface area contributed by atoms with Gasteiger partial charge >= 0.3 is 0 Å². The maximum Gasteiger partial charge on any atom is 0.251 e. The van der Waals surface area contributed by atoms with Gasteiger partial charge < -0.3 is 10.4 Å². The lowest BCUT2D eigenvalue weighted by molar-refractivity contribution is -0.240. The molecular weight excluding hydrogens is 495 g/mol. The van der Waals surface area contributed by atoms with Crippen molar-refractivity contribution in [3.8, 4) is 6.07 Å². The highest BCUT2D eigenvalue weighted by atomic mass is 19.1. The van der Waals surface area contributed by atoms with E-state index in [0.29, 0.717) is 19.3 Å². The summed E-state index contributed by atoms with van der Waals surface area (Å²) < 4.78 is 13.2. The second kappa shape index (κ2) is 8.12. The topological polar surface area (TPSA) is 107 Å². The van der Waals surface area contributed by atoms with Crippen LogP contribution in [0.5, 0.6) is 0 Å². The molecule has 0 unspecified atom stereocenters. The van der Waals surface area contributed by atoms with Crippen molar-refractivity contribution in [3.63, 3.8) is 0 Å². The Bertz CT molecular complexity index is 1280. The van der Waals surface area contributed by atoms with Crippen molar-refractivity contribution < 1.29 is 23.9 Å². The number of carbonyl (C=O) groups is 3. The number of hydrogen-bond donors (Lipinski definition) is 2. The van der Waals surface area contributed by atoms with Gasteiger partial charge in [0.1, 0.15) is 11.7 Å².